The van der Waals surface area contributed by atoms with Crippen LogP contribution in [-0.2, 0) is 19.1 Å². The first-order chi connectivity index (χ1) is 14.4. The first kappa shape index (κ1) is 46.0. The molecule has 0 bridgehead atoms. The lowest BCUT2D eigenvalue weighted by Crippen LogP contribution is -2.55. The van der Waals surface area contributed by atoms with Gasteiger partial charge >= 0.3 is 11.9 Å². The van der Waals surface area contributed by atoms with Crippen molar-refractivity contribution in [3.63, 3.8) is 0 Å². The van der Waals surface area contributed by atoms with Crippen LogP contribution in [0.25, 0.3) is 0 Å². The van der Waals surface area contributed by atoms with Gasteiger partial charge in [-0.1, -0.05) is 26.2 Å². The number of ether oxygens (including phenoxy) is 1. The summed E-state index contributed by atoms with van der Waals surface area (Å²) in [6.07, 6.45) is 5.87. The number of nitrogens with one attached hydrogen (secondary N) is 1. The van der Waals surface area contributed by atoms with Gasteiger partial charge in [-0.2, -0.15) is 67.5 Å². The van der Waals surface area contributed by atoms with Gasteiger partial charge in [0.2, 0.25) is 5.91 Å². The molecule has 0 aromatic carbocycles. The van der Waals surface area contributed by atoms with Crippen molar-refractivity contribution in [1.29, 1.82) is 0 Å². The fraction of sp³-hybridized carbons (Fsp3) is 0.870. The summed E-state index contributed by atoms with van der Waals surface area (Å²) in [6.45, 7) is 11.6. The number of nitrogens with zero attached hydrogens (tertiary/aromatic N) is 1. The smallest absolute Gasteiger partial charge is 0.326 e. The molecule has 0 aromatic heterocycles. The number of carbonyl (C=O) groups excluding carboxylic acids is 2. The van der Waals surface area contributed by atoms with Crippen LogP contribution in [0.3, 0.4) is 0 Å². The Hall–Kier alpha value is 0.0800. The number of carboxylic acids is 1. The van der Waals surface area contributed by atoms with Gasteiger partial charge in [0.05, 0.1) is 12.6 Å². The van der Waals surface area contributed by atoms with Crippen molar-refractivity contribution in [1.82, 2.24) is 10.2 Å². The zero-order valence-electron chi connectivity index (χ0n) is 22.6. The zero-order chi connectivity index (χ0) is 23.8. The number of likely N-dealkylation sites (tertiary alicyclic amines) is 1. The van der Waals surface area contributed by atoms with E-state index in [0.717, 1.165) is 32.1 Å². The monoisotopic (exact) mass is 611 g/mol. The van der Waals surface area contributed by atoms with Crippen LogP contribution in [0.2, 0.25) is 0 Å². The zero-order valence-corrected chi connectivity index (χ0v) is 27.6. The minimum absolute atomic E-state index is 0. The van der Waals surface area contributed by atoms with E-state index in [0.29, 0.717) is 19.4 Å². The fourth-order valence-corrected chi connectivity index (χ4v) is 4.39. The van der Waals surface area contributed by atoms with Crippen molar-refractivity contribution < 1.29 is 24.2 Å². The van der Waals surface area contributed by atoms with Crippen molar-refractivity contribution in [2.24, 2.45) is 11.7 Å². The van der Waals surface area contributed by atoms with Gasteiger partial charge in [-0.15, -0.1) is 0 Å². The van der Waals surface area contributed by atoms with Crippen LogP contribution in [0.15, 0.2) is 0 Å². The van der Waals surface area contributed by atoms with Gasteiger partial charge in [-0.25, -0.2) is 4.79 Å². The summed E-state index contributed by atoms with van der Waals surface area (Å²) in [6, 6.07) is -1.92. The normalized spacial score (nSPS) is 21.5. The molecule has 36 heavy (non-hydrogen) atoms. The molecule has 13 heteroatoms. The minimum atomic E-state index is -0.935. The summed E-state index contributed by atoms with van der Waals surface area (Å²) in [5.41, 5.74) is 5.35. The van der Waals surface area contributed by atoms with Crippen molar-refractivity contribution in [2.45, 2.75) is 116 Å². The van der Waals surface area contributed by atoms with Crippen LogP contribution < -0.4 is 11.1 Å². The molecular weight excluding hydrogens is 559 g/mol. The third-order valence-corrected chi connectivity index (χ3v) is 5.60. The summed E-state index contributed by atoms with van der Waals surface area (Å²) in [5.74, 6) is -1.24. The maximum atomic E-state index is 13.1. The van der Waals surface area contributed by atoms with Crippen molar-refractivity contribution in [3.8, 4) is 0 Å². The Morgan fingerprint density at radius 2 is 1.56 bits per heavy atom. The summed E-state index contributed by atoms with van der Waals surface area (Å²) in [7, 11) is 0. The quantitative estimate of drug-likeness (QED) is 0.360. The molecule has 0 spiro atoms. The topological polar surface area (TPSA) is 122 Å². The molecule has 2 aliphatic rings. The minimum Gasteiger partial charge on any atom is -0.480 e. The third kappa shape index (κ3) is 15.5. The summed E-state index contributed by atoms with van der Waals surface area (Å²) >= 11 is 0. The van der Waals surface area contributed by atoms with Crippen molar-refractivity contribution >= 4 is 85.3 Å². The van der Waals surface area contributed by atoms with Gasteiger partial charge in [0.1, 0.15) is 12.1 Å². The molecule has 1 amide bonds. The maximum absolute atomic E-state index is 13.1. The Morgan fingerprint density at radius 3 is 2.00 bits per heavy atom. The summed E-state index contributed by atoms with van der Waals surface area (Å²) in [5, 5.41) is 12.7. The number of nitrogens with two attached hydrogens (primary N) is 1. The molecule has 1 heterocycles. The first-order valence-electron chi connectivity index (χ1n) is 11.7. The SMILES string of the molecule is CC(C)(C)N.CCC[C@H](N[C@@H](C)C(=O)N1[C@H](C(=O)O)C[C@@H]2CCCC[C@@H]21)C(=O)OCC.S.S.S.S.S. The maximum Gasteiger partial charge on any atom is 0.326 e. The van der Waals surface area contributed by atoms with E-state index in [-0.39, 0.29) is 96.9 Å². The molecular formula is C23H53N3O5S5. The molecule has 1 saturated heterocycles. The predicted molar refractivity (Wildman–Crippen MR) is 172 cm³/mol. The lowest BCUT2D eigenvalue weighted by atomic mass is 9.84. The molecule has 0 aromatic rings. The van der Waals surface area contributed by atoms with E-state index in [1.807, 2.05) is 27.7 Å². The van der Waals surface area contributed by atoms with E-state index in [9.17, 15) is 19.5 Å². The van der Waals surface area contributed by atoms with Gasteiger partial charge in [-0.3, -0.25) is 14.9 Å². The number of fused-ring (bicyclic) bond motifs is 1. The molecule has 2 fully saturated rings. The Kier molecular flexibility index (Phi) is 28.0. The van der Waals surface area contributed by atoms with E-state index in [2.05, 4.69) is 5.32 Å². The number of carboxylic acid groups (broad SMARTS) is 1. The second kappa shape index (κ2) is 22.0. The fourth-order valence-electron chi connectivity index (χ4n) is 4.39. The van der Waals surface area contributed by atoms with E-state index in [4.69, 9.17) is 10.5 Å². The van der Waals surface area contributed by atoms with E-state index in [1.165, 1.54) is 0 Å². The third-order valence-electron chi connectivity index (χ3n) is 5.60. The van der Waals surface area contributed by atoms with Gasteiger partial charge in [0.25, 0.3) is 0 Å². The molecule has 2 rings (SSSR count). The van der Waals surface area contributed by atoms with E-state index < -0.39 is 24.1 Å². The van der Waals surface area contributed by atoms with Crippen LogP contribution in [0, 0.1) is 5.92 Å². The van der Waals surface area contributed by atoms with Crippen LogP contribution >= 0.6 is 67.5 Å². The average molecular weight is 612 g/mol. The lowest BCUT2D eigenvalue weighted by molar-refractivity contribution is -0.152. The Balaban J connectivity index is -0.000000292. The molecule has 1 saturated carbocycles. The summed E-state index contributed by atoms with van der Waals surface area (Å²) in [4.78, 5) is 38.5. The van der Waals surface area contributed by atoms with Crippen LogP contribution in [0.1, 0.15) is 86.5 Å². The van der Waals surface area contributed by atoms with E-state index >= 15 is 0 Å². The number of aliphatic carboxylic acids is 1. The highest BCUT2D eigenvalue weighted by Gasteiger charge is 2.48. The van der Waals surface area contributed by atoms with Gasteiger partial charge < -0.3 is 20.5 Å². The number of rotatable bonds is 8. The molecule has 8 nitrogen and oxygen atoms in total. The number of amides is 1. The first-order valence-corrected chi connectivity index (χ1v) is 11.7. The number of hydrogen-bond acceptors (Lipinski definition) is 6. The molecule has 4 N–H and O–H groups in total. The highest BCUT2D eigenvalue weighted by molar-refractivity contribution is 7.60. The van der Waals surface area contributed by atoms with Crippen LogP contribution in [-0.4, -0.2) is 64.2 Å². The molecule has 5 atom stereocenters. The molecule has 1 aliphatic heterocycles. The van der Waals surface area contributed by atoms with Gasteiger partial charge in [0, 0.05) is 11.6 Å². The average Bonchev–Trinajstić information content (AvgIpc) is 3.05. The number of carbonyl (C=O) groups is 3. The molecule has 1 aliphatic carbocycles. The highest BCUT2D eigenvalue weighted by atomic mass is 32.1. The number of hydrogen-bond donors (Lipinski definition) is 3. The van der Waals surface area contributed by atoms with E-state index in [1.54, 1.807) is 18.7 Å². The largest absolute Gasteiger partial charge is 0.480 e. The van der Waals surface area contributed by atoms with Crippen molar-refractivity contribution in [3.05, 3.63) is 0 Å². The van der Waals surface area contributed by atoms with Gasteiger partial charge in [-0.05, 0) is 66.2 Å². The van der Waals surface area contributed by atoms with Crippen molar-refractivity contribution in [2.75, 3.05) is 6.61 Å². The highest BCUT2D eigenvalue weighted by Crippen LogP contribution is 2.40. The lowest BCUT2D eigenvalue weighted by Gasteiger charge is -2.35. The Labute approximate surface area is 253 Å². The molecule has 0 unspecified atom stereocenters. The number of esters is 1. The van der Waals surface area contributed by atoms with Crippen LogP contribution in [0.4, 0.5) is 0 Å². The second-order valence-corrected chi connectivity index (χ2v) is 9.79. The Morgan fingerprint density at radius 1 is 1.06 bits per heavy atom. The summed E-state index contributed by atoms with van der Waals surface area (Å²) < 4.78 is 5.09. The van der Waals surface area contributed by atoms with Gasteiger partial charge in [0.15, 0.2) is 0 Å². The Bertz CT molecular complexity index is 619. The van der Waals surface area contributed by atoms with Crippen LogP contribution in [0.5, 0.6) is 0 Å². The molecule has 220 valence electrons. The predicted octanol–water partition coefficient (Wildman–Crippen LogP) is 3.25. The second-order valence-electron chi connectivity index (χ2n) is 9.79. The molecule has 0 radical (unpaired) electrons. The standard InChI is InChI=1S/C19H32N2O5.C4H11N.5H2S/c1-4-8-14(19(25)26-5-2)20-12(3)17(22)21-15-10-7-6-9-13(15)11-16(21)18(23)24;1-4(2,3)5;;;;;/h12-16,20H,4-11H2,1-3H3,(H,23,24);5H2,1-3H3;5*1H2/t12-,13-,14-,15-,16-;;;;;;/m0....../s1.